The number of nitrogens with zero attached hydrogens (tertiary/aromatic N) is 2. The number of nitrogens with one attached hydrogen (secondary N) is 1. The second-order valence-electron chi connectivity index (χ2n) is 9.35. The van der Waals surface area contributed by atoms with E-state index in [1.165, 1.54) is 37.3 Å². The molecule has 0 spiro atoms. The molecule has 1 N–H and O–H groups in total. The lowest BCUT2D eigenvalue weighted by atomic mass is 10.1. The number of amides is 2. The minimum Gasteiger partial charge on any atom is -0.493 e. The Kier molecular flexibility index (Phi) is 11.9. The molecule has 42 heavy (non-hydrogen) atoms. The van der Waals surface area contributed by atoms with Crippen molar-refractivity contribution in [1.82, 2.24) is 10.2 Å². The Hall–Kier alpha value is -3.47. The molecule has 0 saturated carbocycles. The fourth-order valence-corrected chi connectivity index (χ4v) is 6.10. The number of halogens is 2. The van der Waals surface area contributed by atoms with Gasteiger partial charge in [0.15, 0.2) is 11.5 Å². The van der Waals surface area contributed by atoms with Gasteiger partial charge < -0.3 is 19.7 Å². The van der Waals surface area contributed by atoms with Crippen LogP contribution in [0.25, 0.3) is 0 Å². The highest BCUT2D eigenvalue weighted by atomic mass is 35.5. The van der Waals surface area contributed by atoms with Gasteiger partial charge in [-0.3, -0.25) is 13.9 Å². The van der Waals surface area contributed by atoms with E-state index in [0.29, 0.717) is 40.7 Å². The number of methoxy groups -OCH3 is 2. The monoisotopic (exact) mass is 635 g/mol. The van der Waals surface area contributed by atoms with Gasteiger partial charge in [-0.2, -0.15) is 0 Å². The zero-order valence-corrected chi connectivity index (χ0v) is 26.3. The number of hydrogen-bond donors (Lipinski definition) is 1. The first-order valence-corrected chi connectivity index (χ1v) is 15.6. The Morgan fingerprint density at radius 2 is 1.60 bits per heavy atom. The number of benzene rings is 3. The summed E-state index contributed by atoms with van der Waals surface area (Å²) in [4.78, 5) is 28.6. The zero-order chi connectivity index (χ0) is 30.9. The molecule has 1 unspecified atom stereocenters. The van der Waals surface area contributed by atoms with Crippen LogP contribution < -0.4 is 19.1 Å². The molecule has 0 aliphatic rings. The topological polar surface area (TPSA) is 105 Å². The Morgan fingerprint density at radius 1 is 0.905 bits per heavy atom. The normalized spacial score (nSPS) is 11.9. The number of anilines is 1. The molecule has 0 aliphatic heterocycles. The maximum atomic E-state index is 14.1. The lowest BCUT2D eigenvalue weighted by Crippen LogP contribution is -2.52. The van der Waals surface area contributed by atoms with Gasteiger partial charge in [0.25, 0.3) is 10.0 Å². The first-order valence-electron chi connectivity index (χ1n) is 13.4. The fraction of sp³-hybridized carbons (Fsp3) is 0.333. The summed E-state index contributed by atoms with van der Waals surface area (Å²) >= 11 is 12.3. The van der Waals surface area contributed by atoms with Crippen LogP contribution in [0, 0.1) is 0 Å². The van der Waals surface area contributed by atoms with Crippen molar-refractivity contribution in [2.24, 2.45) is 0 Å². The van der Waals surface area contributed by atoms with E-state index in [1.54, 1.807) is 55.5 Å². The maximum Gasteiger partial charge on any atom is 0.264 e. The molecule has 0 heterocycles. The number of carbonyl (C=O) groups excluding carboxylic acids is 2. The van der Waals surface area contributed by atoms with E-state index in [-0.39, 0.29) is 28.8 Å². The van der Waals surface area contributed by atoms with Crippen LogP contribution in [0.3, 0.4) is 0 Å². The molecular formula is C30H35Cl2N3O6S. The minimum absolute atomic E-state index is 0.00676. The van der Waals surface area contributed by atoms with Gasteiger partial charge in [0.2, 0.25) is 11.8 Å². The highest BCUT2D eigenvalue weighted by molar-refractivity contribution is 7.92. The molecule has 0 fully saturated rings. The Bertz CT molecular complexity index is 1490. The lowest BCUT2D eigenvalue weighted by molar-refractivity contribution is -0.140. The summed E-state index contributed by atoms with van der Waals surface area (Å²) in [7, 11) is -1.43. The van der Waals surface area contributed by atoms with Crippen molar-refractivity contribution in [3.05, 3.63) is 82.3 Å². The van der Waals surface area contributed by atoms with Crippen molar-refractivity contribution >= 4 is 50.7 Å². The molecule has 0 aromatic heterocycles. The van der Waals surface area contributed by atoms with Crippen molar-refractivity contribution in [3.8, 4) is 11.5 Å². The first kappa shape index (κ1) is 33.0. The SMILES string of the molecule is CCCNC(=O)C(CC)N(Cc1ccc(Cl)c(Cl)c1)C(=O)CN(c1ccccc1)S(=O)(=O)c1ccc(OC)c(OC)c1. The smallest absolute Gasteiger partial charge is 0.264 e. The minimum atomic E-state index is -4.28. The molecule has 3 rings (SSSR count). The standard InChI is InChI=1S/C30H35Cl2N3O6S/c1-5-16-33-30(37)26(6-2)34(19-21-12-14-24(31)25(32)17-21)29(36)20-35(22-10-8-7-9-11-22)42(38,39)23-13-15-27(40-3)28(18-23)41-4/h7-15,17-18,26H,5-6,16,19-20H2,1-4H3,(H,33,37). The van der Waals surface area contributed by atoms with Gasteiger partial charge in [0.05, 0.1) is 34.8 Å². The summed E-state index contributed by atoms with van der Waals surface area (Å²) in [5, 5.41) is 3.50. The second-order valence-corrected chi connectivity index (χ2v) is 12.0. The summed E-state index contributed by atoms with van der Waals surface area (Å²) in [6.45, 7) is 3.59. The largest absolute Gasteiger partial charge is 0.493 e. The lowest BCUT2D eigenvalue weighted by Gasteiger charge is -2.33. The van der Waals surface area contributed by atoms with Crippen LogP contribution in [0.15, 0.2) is 71.6 Å². The van der Waals surface area contributed by atoms with Crippen molar-refractivity contribution in [3.63, 3.8) is 0 Å². The quantitative estimate of drug-likeness (QED) is 0.249. The summed E-state index contributed by atoms with van der Waals surface area (Å²) in [5.74, 6) is -0.331. The Labute approximate surface area is 257 Å². The van der Waals surface area contributed by atoms with Crippen LogP contribution in [0.2, 0.25) is 10.0 Å². The number of ether oxygens (including phenoxy) is 2. The van der Waals surface area contributed by atoms with Gasteiger partial charge >= 0.3 is 0 Å². The Morgan fingerprint density at radius 3 is 2.19 bits per heavy atom. The van der Waals surface area contributed by atoms with E-state index in [9.17, 15) is 18.0 Å². The van der Waals surface area contributed by atoms with Crippen LogP contribution in [0.5, 0.6) is 11.5 Å². The summed E-state index contributed by atoms with van der Waals surface area (Å²) in [6.07, 6.45) is 1.02. The molecule has 0 bridgehead atoms. The van der Waals surface area contributed by atoms with Gasteiger partial charge in [0, 0.05) is 19.2 Å². The van der Waals surface area contributed by atoms with Gasteiger partial charge in [-0.15, -0.1) is 0 Å². The van der Waals surface area contributed by atoms with E-state index < -0.39 is 28.5 Å². The van der Waals surface area contributed by atoms with Gasteiger partial charge in [-0.1, -0.05) is 61.3 Å². The van der Waals surface area contributed by atoms with Crippen molar-refractivity contribution in [2.75, 3.05) is 31.6 Å². The average molecular weight is 637 g/mol. The maximum absolute atomic E-state index is 14.1. The van der Waals surface area contributed by atoms with E-state index in [1.807, 2.05) is 6.92 Å². The van der Waals surface area contributed by atoms with Crippen molar-refractivity contribution in [1.29, 1.82) is 0 Å². The molecule has 0 aliphatic carbocycles. The van der Waals surface area contributed by atoms with E-state index in [0.717, 1.165) is 4.31 Å². The highest BCUT2D eigenvalue weighted by Gasteiger charge is 2.34. The average Bonchev–Trinajstić information content (AvgIpc) is 3.00. The first-order chi connectivity index (χ1) is 20.1. The van der Waals surface area contributed by atoms with Crippen LogP contribution >= 0.6 is 23.2 Å². The molecule has 1 atom stereocenters. The summed E-state index contributed by atoms with van der Waals surface area (Å²) < 4.78 is 39.7. The van der Waals surface area contributed by atoms with Gasteiger partial charge in [-0.05, 0) is 54.8 Å². The van der Waals surface area contributed by atoms with Crippen LogP contribution in [0.1, 0.15) is 32.3 Å². The van der Waals surface area contributed by atoms with E-state index >= 15 is 0 Å². The van der Waals surface area contributed by atoms with Crippen LogP contribution in [-0.4, -0.2) is 58.5 Å². The van der Waals surface area contributed by atoms with Crippen molar-refractivity contribution in [2.45, 2.75) is 44.2 Å². The molecule has 0 saturated heterocycles. The molecule has 0 radical (unpaired) electrons. The Balaban J connectivity index is 2.07. The van der Waals surface area contributed by atoms with E-state index in [2.05, 4.69) is 5.32 Å². The molecule has 2 amide bonds. The number of para-hydroxylation sites is 1. The van der Waals surface area contributed by atoms with Crippen molar-refractivity contribution < 1.29 is 27.5 Å². The third-order valence-electron chi connectivity index (χ3n) is 6.54. The van der Waals surface area contributed by atoms with Crippen LogP contribution in [0.4, 0.5) is 5.69 Å². The van der Waals surface area contributed by atoms with Gasteiger partial charge in [0.1, 0.15) is 12.6 Å². The highest BCUT2D eigenvalue weighted by Crippen LogP contribution is 2.32. The number of sulfonamides is 1. The second kappa shape index (κ2) is 15.1. The third kappa shape index (κ3) is 7.87. The summed E-state index contributed by atoms with van der Waals surface area (Å²) in [5.41, 5.74) is 0.909. The number of carbonyl (C=O) groups is 2. The molecule has 226 valence electrons. The third-order valence-corrected chi connectivity index (χ3v) is 9.05. The predicted molar refractivity (Wildman–Crippen MR) is 165 cm³/mol. The molecule has 3 aromatic carbocycles. The van der Waals surface area contributed by atoms with Crippen LogP contribution in [-0.2, 0) is 26.2 Å². The van der Waals surface area contributed by atoms with Gasteiger partial charge in [-0.25, -0.2) is 8.42 Å². The number of hydrogen-bond acceptors (Lipinski definition) is 6. The molecular weight excluding hydrogens is 601 g/mol. The van der Waals surface area contributed by atoms with E-state index in [4.69, 9.17) is 32.7 Å². The molecule has 9 nitrogen and oxygen atoms in total. The zero-order valence-electron chi connectivity index (χ0n) is 24.0. The fourth-order valence-electron chi connectivity index (χ4n) is 4.35. The predicted octanol–water partition coefficient (Wildman–Crippen LogP) is 5.54. The summed E-state index contributed by atoms with van der Waals surface area (Å²) in [6, 6.07) is 16.6. The molecule has 3 aromatic rings. The number of rotatable bonds is 14. The molecule has 12 heteroatoms.